The summed E-state index contributed by atoms with van der Waals surface area (Å²) in [5.74, 6) is 2.20. The monoisotopic (exact) mass is 428 g/mol. The van der Waals surface area contributed by atoms with Gasteiger partial charge in [-0.1, -0.05) is 54.2 Å². The Bertz CT molecular complexity index is 1090. The third kappa shape index (κ3) is 4.55. The third-order valence-corrected chi connectivity index (χ3v) is 7.77. The van der Waals surface area contributed by atoms with E-state index in [4.69, 9.17) is 0 Å². The van der Waals surface area contributed by atoms with E-state index in [9.17, 15) is 8.42 Å². The van der Waals surface area contributed by atoms with Gasteiger partial charge in [-0.05, 0) is 36.1 Å². The molecule has 8 heteroatoms. The summed E-state index contributed by atoms with van der Waals surface area (Å²) >= 11 is 1.59. The van der Waals surface area contributed by atoms with Crippen LogP contribution in [0.5, 0.6) is 0 Å². The van der Waals surface area contributed by atoms with Gasteiger partial charge >= 0.3 is 0 Å². The summed E-state index contributed by atoms with van der Waals surface area (Å²) in [5, 5.41) is 9.77. The van der Waals surface area contributed by atoms with Crippen molar-refractivity contribution in [1.82, 2.24) is 19.1 Å². The van der Waals surface area contributed by atoms with E-state index in [0.717, 1.165) is 23.1 Å². The van der Waals surface area contributed by atoms with E-state index in [2.05, 4.69) is 26.9 Å². The van der Waals surface area contributed by atoms with Gasteiger partial charge in [-0.25, -0.2) is 12.7 Å². The van der Waals surface area contributed by atoms with E-state index in [0.29, 0.717) is 16.6 Å². The van der Waals surface area contributed by atoms with Gasteiger partial charge in [0.25, 0.3) is 0 Å². The van der Waals surface area contributed by atoms with Crippen LogP contribution in [0.3, 0.4) is 0 Å². The van der Waals surface area contributed by atoms with Crippen LogP contribution in [0, 0.1) is 0 Å². The molecule has 1 aliphatic rings. The summed E-state index contributed by atoms with van der Waals surface area (Å²) in [5.41, 5.74) is 2.16. The van der Waals surface area contributed by atoms with Gasteiger partial charge in [0.2, 0.25) is 10.0 Å². The van der Waals surface area contributed by atoms with E-state index in [1.807, 2.05) is 24.3 Å². The van der Waals surface area contributed by atoms with E-state index >= 15 is 0 Å². The summed E-state index contributed by atoms with van der Waals surface area (Å²) < 4.78 is 28.2. The Balaban J connectivity index is 1.55. The van der Waals surface area contributed by atoms with Crippen molar-refractivity contribution in [2.75, 3.05) is 14.1 Å². The van der Waals surface area contributed by atoms with Crippen LogP contribution in [-0.2, 0) is 22.3 Å². The number of rotatable bonds is 8. The Hall–Kier alpha value is -2.16. The second-order valence-corrected chi connectivity index (χ2v) is 10.5. The number of hydrogen-bond acceptors (Lipinski definition) is 5. The van der Waals surface area contributed by atoms with E-state index in [1.54, 1.807) is 44.1 Å². The highest BCUT2D eigenvalue weighted by Crippen LogP contribution is 2.40. The number of nitrogens with zero attached hydrogens (tertiary/aromatic N) is 4. The smallest absolute Gasteiger partial charge is 0.242 e. The molecule has 29 heavy (non-hydrogen) atoms. The van der Waals surface area contributed by atoms with Crippen LogP contribution >= 0.6 is 11.8 Å². The van der Waals surface area contributed by atoms with Crippen LogP contribution in [0.15, 0.2) is 64.6 Å². The van der Waals surface area contributed by atoms with Gasteiger partial charge in [0.15, 0.2) is 5.16 Å². The lowest BCUT2D eigenvalue weighted by molar-refractivity contribution is 0.520. The van der Waals surface area contributed by atoms with Gasteiger partial charge in [0, 0.05) is 25.8 Å². The zero-order valence-corrected chi connectivity index (χ0v) is 18.2. The quantitative estimate of drug-likeness (QED) is 0.511. The lowest BCUT2D eigenvalue weighted by Gasteiger charge is -2.12. The van der Waals surface area contributed by atoms with Crippen LogP contribution in [0.4, 0.5) is 0 Å². The van der Waals surface area contributed by atoms with Crippen LogP contribution in [-0.4, -0.2) is 41.6 Å². The predicted molar refractivity (Wildman–Crippen MR) is 114 cm³/mol. The van der Waals surface area contributed by atoms with Crippen molar-refractivity contribution in [1.29, 1.82) is 0 Å². The largest absolute Gasteiger partial charge is 0.301 e. The van der Waals surface area contributed by atoms with Crippen molar-refractivity contribution >= 4 is 21.8 Å². The van der Waals surface area contributed by atoms with E-state index < -0.39 is 10.0 Å². The molecule has 3 aromatic rings. The Kier molecular flexibility index (Phi) is 5.76. The molecular weight excluding hydrogens is 404 g/mol. The molecule has 0 aliphatic heterocycles. The molecule has 6 nitrogen and oxygen atoms in total. The van der Waals surface area contributed by atoms with Gasteiger partial charge < -0.3 is 4.57 Å². The van der Waals surface area contributed by atoms with Gasteiger partial charge in [0.05, 0.1) is 11.4 Å². The van der Waals surface area contributed by atoms with Crippen molar-refractivity contribution in [2.45, 2.75) is 41.1 Å². The Morgan fingerprint density at radius 1 is 1.03 bits per heavy atom. The molecule has 1 aliphatic carbocycles. The van der Waals surface area contributed by atoms with Gasteiger partial charge in [-0.2, -0.15) is 0 Å². The Morgan fingerprint density at radius 2 is 1.76 bits per heavy atom. The number of aromatic nitrogens is 3. The number of hydrogen-bond donors (Lipinski definition) is 0. The fourth-order valence-corrected chi connectivity index (χ4v) is 4.98. The predicted octanol–water partition coefficient (Wildman–Crippen LogP) is 3.75. The van der Waals surface area contributed by atoms with Gasteiger partial charge in [0.1, 0.15) is 5.82 Å². The molecule has 0 unspecified atom stereocenters. The van der Waals surface area contributed by atoms with E-state index in [-0.39, 0.29) is 0 Å². The minimum absolute atomic E-state index is 0.310. The highest BCUT2D eigenvalue weighted by atomic mass is 32.2. The molecule has 0 spiro atoms. The fourth-order valence-electron chi connectivity index (χ4n) is 3.12. The highest BCUT2D eigenvalue weighted by Gasteiger charge is 2.30. The molecule has 0 bridgehead atoms. The molecule has 0 atom stereocenters. The third-order valence-electron chi connectivity index (χ3n) is 4.92. The normalized spacial score (nSPS) is 14.4. The standard InChI is InChI=1S/C21H24N4O2S2/c1-24(2)29(26,27)19-10-6-9-17(13-19)15-28-21-23-22-20(18-11-12-18)25(21)14-16-7-4-3-5-8-16/h3-10,13,18H,11-12,14-15H2,1-2H3. The van der Waals surface area contributed by atoms with Crippen LogP contribution < -0.4 is 0 Å². The van der Waals surface area contributed by atoms with Crippen LogP contribution in [0.2, 0.25) is 0 Å². The summed E-state index contributed by atoms with van der Waals surface area (Å²) in [6, 6.07) is 17.4. The second kappa shape index (κ2) is 8.30. The zero-order chi connectivity index (χ0) is 20.4. The Morgan fingerprint density at radius 3 is 2.45 bits per heavy atom. The first-order chi connectivity index (χ1) is 13.9. The van der Waals surface area contributed by atoms with E-state index in [1.165, 1.54) is 22.7 Å². The maximum absolute atomic E-state index is 12.4. The number of thioether (sulfide) groups is 1. The number of sulfonamides is 1. The minimum atomic E-state index is -3.44. The van der Waals surface area contributed by atoms with Crippen molar-refractivity contribution in [2.24, 2.45) is 0 Å². The molecule has 0 amide bonds. The summed E-state index contributed by atoms with van der Waals surface area (Å²) in [6.45, 7) is 0.747. The molecule has 1 aromatic heterocycles. The summed E-state index contributed by atoms with van der Waals surface area (Å²) in [4.78, 5) is 0.310. The SMILES string of the molecule is CN(C)S(=O)(=O)c1cccc(CSc2nnc(C3CC3)n2Cc2ccccc2)c1. The maximum atomic E-state index is 12.4. The van der Waals surface area contributed by atoms with Crippen molar-refractivity contribution < 1.29 is 8.42 Å². The highest BCUT2D eigenvalue weighted by molar-refractivity contribution is 7.98. The zero-order valence-electron chi connectivity index (χ0n) is 16.5. The first kappa shape index (κ1) is 20.1. The first-order valence-corrected chi connectivity index (χ1v) is 12.0. The molecule has 1 saturated carbocycles. The average Bonchev–Trinajstić information content (AvgIpc) is 3.49. The number of benzene rings is 2. The topological polar surface area (TPSA) is 68.1 Å². The van der Waals surface area contributed by atoms with Gasteiger partial charge in [-0.3, -0.25) is 0 Å². The molecule has 152 valence electrons. The summed E-state index contributed by atoms with van der Waals surface area (Å²) in [6.07, 6.45) is 2.34. The molecule has 0 saturated heterocycles. The van der Waals surface area contributed by atoms with Crippen LogP contribution in [0.1, 0.15) is 35.7 Å². The fraction of sp³-hybridized carbons (Fsp3) is 0.333. The molecule has 0 N–H and O–H groups in total. The molecule has 1 fully saturated rings. The lowest BCUT2D eigenvalue weighted by atomic mass is 10.2. The minimum Gasteiger partial charge on any atom is -0.301 e. The van der Waals surface area contributed by atoms with Crippen molar-refractivity contribution in [3.8, 4) is 0 Å². The molecule has 1 heterocycles. The average molecular weight is 429 g/mol. The van der Waals surface area contributed by atoms with Crippen LogP contribution in [0.25, 0.3) is 0 Å². The van der Waals surface area contributed by atoms with Crippen molar-refractivity contribution in [3.05, 3.63) is 71.5 Å². The summed E-state index contributed by atoms with van der Waals surface area (Å²) in [7, 11) is -0.351. The lowest BCUT2D eigenvalue weighted by Crippen LogP contribution is -2.22. The molecular formula is C21H24N4O2S2. The maximum Gasteiger partial charge on any atom is 0.242 e. The first-order valence-electron chi connectivity index (χ1n) is 9.56. The van der Waals surface area contributed by atoms with Gasteiger partial charge in [-0.15, -0.1) is 10.2 Å². The molecule has 4 rings (SSSR count). The van der Waals surface area contributed by atoms with Crippen molar-refractivity contribution in [3.63, 3.8) is 0 Å². The molecule has 2 aromatic carbocycles. The second-order valence-electron chi connectivity index (χ2n) is 7.41. The Labute approximate surface area is 176 Å². The molecule has 0 radical (unpaired) electrons.